The first kappa shape index (κ1) is 19.6. The Hall–Kier alpha value is -2.76. The molecule has 0 fully saturated rings. The van der Waals surface area contributed by atoms with Crippen LogP contribution < -0.4 is 4.74 Å². The normalized spacial score (nSPS) is 13.3. The van der Waals surface area contributed by atoms with Gasteiger partial charge in [-0.1, -0.05) is 43.3 Å². The second-order valence-corrected chi connectivity index (χ2v) is 7.76. The molecule has 0 bridgehead atoms. The summed E-state index contributed by atoms with van der Waals surface area (Å²) in [6.45, 7) is 2.36. The number of thiazole rings is 1. The standard InChI is InChI=1S/C24H22FNO2S/c1-3-24(27-2,23-26-10-11-29-23)20-13-21(25)15-22(14-20)28-16-17-8-9-18-6-4-5-7-19(18)12-17/h4-15H,3,16H2,1-2H3/t24-/m1/s1. The zero-order chi connectivity index (χ0) is 20.3. The van der Waals surface area contributed by atoms with Crippen LogP contribution in [-0.2, 0) is 16.9 Å². The largest absolute Gasteiger partial charge is 0.489 e. The molecule has 3 nitrogen and oxygen atoms in total. The summed E-state index contributed by atoms with van der Waals surface area (Å²) in [5, 5.41) is 5.03. The number of aromatic nitrogens is 1. The highest BCUT2D eigenvalue weighted by atomic mass is 32.1. The monoisotopic (exact) mass is 407 g/mol. The van der Waals surface area contributed by atoms with Gasteiger partial charge in [0.05, 0.1) is 0 Å². The molecule has 148 valence electrons. The van der Waals surface area contributed by atoms with Crippen molar-refractivity contribution in [1.82, 2.24) is 4.98 Å². The van der Waals surface area contributed by atoms with E-state index in [4.69, 9.17) is 9.47 Å². The highest BCUT2D eigenvalue weighted by Gasteiger charge is 2.36. The van der Waals surface area contributed by atoms with Gasteiger partial charge in [-0.2, -0.15) is 0 Å². The summed E-state index contributed by atoms with van der Waals surface area (Å²) in [7, 11) is 1.63. The predicted octanol–water partition coefficient (Wildman–Crippen LogP) is 6.31. The maximum Gasteiger partial charge on any atom is 0.144 e. The molecule has 0 unspecified atom stereocenters. The van der Waals surface area contributed by atoms with Crippen LogP contribution in [0.2, 0.25) is 0 Å². The van der Waals surface area contributed by atoms with E-state index in [0.717, 1.165) is 16.0 Å². The summed E-state index contributed by atoms with van der Waals surface area (Å²) in [5.74, 6) is 0.113. The van der Waals surface area contributed by atoms with Crippen molar-refractivity contribution in [3.8, 4) is 5.75 Å². The molecule has 0 aliphatic heterocycles. The van der Waals surface area contributed by atoms with Crippen LogP contribution in [0.3, 0.4) is 0 Å². The second kappa shape index (κ2) is 8.31. The van der Waals surface area contributed by atoms with E-state index in [9.17, 15) is 4.39 Å². The van der Waals surface area contributed by atoms with E-state index in [1.807, 2.05) is 36.6 Å². The molecule has 0 saturated carbocycles. The van der Waals surface area contributed by atoms with Gasteiger partial charge in [0.2, 0.25) is 0 Å². The van der Waals surface area contributed by atoms with E-state index in [2.05, 4.69) is 29.2 Å². The number of fused-ring (bicyclic) bond motifs is 1. The number of hydrogen-bond acceptors (Lipinski definition) is 4. The molecule has 29 heavy (non-hydrogen) atoms. The van der Waals surface area contributed by atoms with Crippen LogP contribution in [-0.4, -0.2) is 12.1 Å². The number of ether oxygens (including phenoxy) is 2. The summed E-state index contributed by atoms with van der Waals surface area (Å²) < 4.78 is 26.3. The lowest BCUT2D eigenvalue weighted by molar-refractivity contribution is 0.0180. The lowest BCUT2D eigenvalue weighted by Gasteiger charge is -2.30. The molecule has 4 aromatic rings. The van der Waals surface area contributed by atoms with Crippen LogP contribution >= 0.6 is 11.3 Å². The first-order valence-electron chi connectivity index (χ1n) is 9.51. The van der Waals surface area contributed by atoms with Gasteiger partial charge < -0.3 is 9.47 Å². The summed E-state index contributed by atoms with van der Waals surface area (Å²) in [5.41, 5.74) is 0.936. The molecule has 0 radical (unpaired) electrons. The van der Waals surface area contributed by atoms with Gasteiger partial charge in [-0.25, -0.2) is 9.37 Å². The number of rotatable bonds is 7. The third-order valence-electron chi connectivity index (χ3n) is 5.18. The van der Waals surface area contributed by atoms with E-state index in [1.54, 1.807) is 13.3 Å². The van der Waals surface area contributed by atoms with Crippen molar-refractivity contribution >= 4 is 22.1 Å². The van der Waals surface area contributed by atoms with Crippen LogP contribution in [0.5, 0.6) is 5.75 Å². The predicted molar refractivity (Wildman–Crippen MR) is 115 cm³/mol. The van der Waals surface area contributed by atoms with Gasteiger partial charge in [0.15, 0.2) is 0 Å². The number of nitrogens with zero attached hydrogens (tertiary/aromatic N) is 1. The summed E-state index contributed by atoms with van der Waals surface area (Å²) >= 11 is 1.50. The van der Waals surface area contributed by atoms with Crippen molar-refractivity contribution < 1.29 is 13.9 Å². The van der Waals surface area contributed by atoms with Crippen LogP contribution in [0, 0.1) is 5.82 Å². The van der Waals surface area contributed by atoms with Gasteiger partial charge in [0.25, 0.3) is 0 Å². The van der Waals surface area contributed by atoms with Crippen molar-refractivity contribution in [2.24, 2.45) is 0 Å². The summed E-state index contributed by atoms with van der Waals surface area (Å²) in [6, 6.07) is 19.1. The van der Waals surface area contributed by atoms with E-state index in [1.165, 1.54) is 28.9 Å². The first-order chi connectivity index (χ1) is 14.1. The number of methoxy groups -OCH3 is 1. The third kappa shape index (κ3) is 3.88. The maximum absolute atomic E-state index is 14.5. The molecule has 0 aliphatic carbocycles. The highest BCUT2D eigenvalue weighted by Crippen LogP contribution is 2.39. The van der Waals surface area contributed by atoms with E-state index < -0.39 is 5.60 Å². The Balaban J connectivity index is 1.62. The molecule has 0 saturated heterocycles. The van der Waals surface area contributed by atoms with Gasteiger partial charge in [0.1, 0.15) is 28.8 Å². The minimum Gasteiger partial charge on any atom is -0.489 e. The molecule has 0 aliphatic rings. The van der Waals surface area contributed by atoms with Gasteiger partial charge in [-0.3, -0.25) is 0 Å². The SMILES string of the molecule is CC[C@@](OC)(c1cc(F)cc(OCc2ccc3ccccc3c2)c1)c1nccs1. The zero-order valence-corrected chi connectivity index (χ0v) is 17.2. The molecule has 1 heterocycles. The minimum atomic E-state index is -0.794. The van der Waals surface area contributed by atoms with Gasteiger partial charge in [-0.05, 0) is 46.5 Å². The van der Waals surface area contributed by atoms with Gasteiger partial charge in [-0.15, -0.1) is 11.3 Å². The van der Waals surface area contributed by atoms with Crippen molar-refractivity contribution in [3.63, 3.8) is 0 Å². The molecular weight excluding hydrogens is 385 g/mol. The average Bonchev–Trinajstić information content (AvgIpc) is 3.28. The quantitative estimate of drug-likeness (QED) is 0.359. The molecule has 1 aromatic heterocycles. The smallest absolute Gasteiger partial charge is 0.144 e. The topological polar surface area (TPSA) is 31.4 Å². The second-order valence-electron chi connectivity index (χ2n) is 6.87. The molecule has 5 heteroatoms. The van der Waals surface area contributed by atoms with Crippen molar-refractivity contribution in [1.29, 1.82) is 0 Å². The Labute approximate surface area is 173 Å². The van der Waals surface area contributed by atoms with Crippen LogP contribution in [0.4, 0.5) is 4.39 Å². The molecule has 1 atom stereocenters. The molecular formula is C24H22FNO2S. The first-order valence-corrected chi connectivity index (χ1v) is 10.4. The van der Waals surface area contributed by atoms with Crippen LogP contribution in [0.25, 0.3) is 10.8 Å². The molecule has 3 aromatic carbocycles. The summed E-state index contributed by atoms with van der Waals surface area (Å²) in [4.78, 5) is 4.42. The number of benzene rings is 3. The molecule has 4 rings (SSSR count). The number of hydrogen-bond donors (Lipinski definition) is 0. The molecule has 0 N–H and O–H groups in total. The fourth-order valence-corrected chi connectivity index (χ4v) is 4.53. The van der Waals surface area contributed by atoms with Crippen LogP contribution in [0.15, 0.2) is 72.2 Å². The lowest BCUT2D eigenvalue weighted by Crippen LogP contribution is -2.29. The van der Waals surface area contributed by atoms with E-state index in [-0.39, 0.29) is 5.82 Å². The maximum atomic E-state index is 14.5. The Bertz CT molecular complexity index is 1110. The Morgan fingerprint density at radius 2 is 1.86 bits per heavy atom. The van der Waals surface area contributed by atoms with Crippen molar-refractivity contribution in [3.05, 3.63) is 94.2 Å². The van der Waals surface area contributed by atoms with E-state index in [0.29, 0.717) is 24.3 Å². The van der Waals surface area contributed by atoms with Crippen molar-refractivity contribution in [2.45, 2.75) is 25.6 Å². The Kier molecular flexibility index (Phi) is 5.60. The Morgan fingerprint density at radius 3 is 2.59 bits per heavy atom. The zero-order valence-electron chi connectivity index (χ0n) is 16.4. The molecule has 0 amide bonds. The molecule has 0 spiro atoms. The Morgan fingerprint density at radius 1 is 1.03 bits per heavy atom. The number of halogens is 1. The third-order valence-corrected chi connectivity index (χ3v) is 6.10. The highest BCUT2D eigenvalue weighted by molar-refractivity contribution is 7.09. The van der Waals surface area contributed by atoms with Crippen LogP contribution in [0.1, 0.15) is 29.5 Å². The van der Waals surface area contributed by atoms with Gasteiger partial charge in [0, 0.05) is 24.8 Å². The summed E-state index contributed by atoms with van der Waals surface area (Å²) in [6.07, 6.45) is 2.37. The fourth-order valence-electron chi connectivity index (χ4n) is 3.63. The van der Waals surface area contributed by atoms with Gasteiger partial charge >= 0.3 is 0 Å². The van der Waals surface area contributed by atoms with E-state index >= 15 is 0 Å². The van der Waals surface area contributed by atoms with Crippen molar-refractivity contribution in [2.75, 3.05) is 7.11 Å². The average molecular weight is 408 g/mol. The minimum absolute atomic E-state index is 0.358. The lowest BCUT2D eigenvalue weighted by atomic mass is 9.91. The fraction of sp³-hybridized carbons (Fsp3) is 0.208.